The summed E-state index contributed by atoms with van der Waals surface area (Å²) in [6.45, 7) is 7.18. The van der Waals surface area contributed by atoms with Gasteiger partial charge in [0.25, 0.3) is 0 Å². The predicted molar refractivity (Wildman–Crippen MR) is 114 cm³/mol. The van der Waals surface area contributed by atoms with Crippen LogP contribution in [0.1, 0.15) is 44.2 Å². The number of nitrogens with one attached hydrogen (secondary N) is 2. The molecule has 3 rings (SSSR count). The SMILES string of the molecule is CCNC(=NCC(C1CC1)N(C)C)NCC(c1ccccc1)N1CCCC1. The number of rotatable bonds is 9. The minimum Gasteiger partial charge on any atom is -0.357 e. The molecule has 5 heteroatoms. The van der Waals surface area contributed by atoms with Gasteiger partial charge in [0.2, 0.25) is 0 Å². The Bertz CT molecular complexity index is 574. The van der Waals surface area contributed by atoms with E-state index in [0.29, 0.717) is 12.1 Å². The van der Waals surface area contributed by atoms with Crippen LogP contribution in [0.2, 0.25) is 0 Å². The summed E-state index contributed by atoms with van der Waals surface area (Å²) in [5.41, 5.74) is 1.40. The first-order valence-corrected chi connectivity index (χ1v) is 10.7. The van der Waals surface area contributed by atoms with Gasteiger partial charge in [-0.05, 0) is 71.3 Å². The fraction of sp³-hybridized carbons (Fsp3) is 0.682. The van der Waals surface area contributed by atoms with E-state index in [0.717, 1.165) is 31.5 Å². The van der Waals surface area contributed by atoms with Crippen molar-refractivity contribution < 1.29 is 0 Å². The molecule has 1 heterocycles. The van der Waals surface area contributed by atoms with Crippen molar-refractivity contribution in [3.05, 3.63) is 35.9 Å². The zero-order valence-corrected chi connectivity index (χ0v) is 17.3. The van der Waals surface area contributed by atoms with Crippen LogP contribution >= 0.6 is 0 Å². The van der Waals surface area contributed by atoms with Gasteiger partial charge in [0.05, 0.1) is 12.6 Å². The molecule has 27 heavy (non-hydrogen) atoms. The summed E-state index contributed by atoms with van der Waals surface area (Å²) in [5.74, 6) is 1.78. The number of guanidine groups is 1. The molecule has 1 aliphatic carbocycles. The lowest BCUT2D eigenvalue weighted by Crippen LogP contribution is -2.43. The maximum Gasteiger partial charge on any atom is 0.191 e. The zero-order chi connectivity index (χ0) is 19.1. The second-order valence-electron chi connectivity index (χ2n) is 8.14. The largest absolute Gasteiger partial charge is 0.357 e. The molecule has 0 bridgehead atoms. The fourth-order valence-electron chi connectivity index (χ4n) is 4.12. The predicted octanol–water partition coefficient (Wildman–Crippen LogP) is 2.72. The summed E-state index contributed by atoms with van der Waals surface area (Å²) in [6, 6.07) is 11.9. The van der Waals surface area contributed by atoms with Gasteiger partial charge in [0.15, 0.2) is 5.96 Å². The van der Waals surface area contributed by atoms with Gasteiger partial charge in [0.1, 0.15) is 0 Å². The van der Waals surface area contributed by atoms with Crippen molar-refractivity contribution in [1.29, 1.82) is 0 Å². The van der Waals surface area contributed by atoms with E-state index in [1.54, 1.807) is 0 Å². The normalized spacial score (nSPS) is 20.7. The molecule has 150 valence electrons. The van der Waals surface area contributed by atoms with Crippen molar-refractivity contribution in [1.82, 2.24) is 20.4 Å². The third-order valence-electron chi connectivity index (χ3n) is 5.84. The highest BCUT2D eigenvalue weighted by atomic mass is 15.2. The molecule has 0 amide bonds. The second-order valence-corrected chi connectivity index (χ2v) is 8.14. The summed E-state index contributed by atoms with van der Waals surface area (Å²) in [4.78, 5) is 9.87. The Morgan fingerprint density at radius 2 is 1.85 bits per heavy atom. The lowest BCUT2D eigenvalue weighted by Gasteiger charge is -2.29. The molecule has 1 saturated heterocycles. The van der Waals surface area contributed by atoms with Crippen molar-refractivity contribution >= 4 is 5.96 Å². The van der Waals surface area contributed by atoms with E-state index in [1.807, 2.05) is 0 Å². The molecular formula is C22H37N5. The molecule has 5 nitrogen and oxygen atoms in total. The molecule has 1 aliphatic heterocycles. The monoisotopic (exact) mass is 371 g/mol. The standard InChI is InChI=1S/C22H37N5/c1-4-23-22(24-16-20(26(2)3)19-12-13-19)25-17-21(27-14-8-9-15-27)18-10-6-5-7-11-18/h5-7,10-11,19-21H,4,8-9,12-17H2,1-3H3,(H2,23,24,25). The first-order valence-electron chi connectivity index (χ1n) is 10.7. The summed E-state index contributed by atoms with van der Waals surface area (Å²) in [7, 11) is 4.36. The highest BCUT2D eigenvalue weighted by Gasteiger charge is 2.32. The minimum absolute atomic E-state index is 0.408. The lowest BCUT2D eigenvalue weighted by atomic mass is 10.1. The topological polar surface area (TPSA) is 42.9 Å². The highest BCUT2D eigenvalue weighted by molar-refractivity contribution is 5.79. The van der Waals surface area contributed by atoms with E-state index in [1.165, 1.54) is 44.3 Å². The van der Waals surface area contributed by atoms with Gasteiger partial charge in [-0.1, -0.05) is 30.3 Å². The summed E-state index contributed by atoms with van der Waals surface area (Å²) >= 11 is 0. The molecular weight excluding hydrogens is 334 g/mol. The van der Waals surface area contributed by atoms with E-state index in [2.05, 4.69) is 71.8 Å². The van der Waals surface area contributed by atoms with E-state index in [-0.39, 0.29) is 0 Å². The van der Waals surface area contributed by atoms with Crippen LogP contribution in [0.4, 0.5) is 0 Å². The summed E-state index contributed by atoms with van der Waals surface area (Å²) < 4.78 is 0. The van der Waals surface area contributed by atoms with Crippen LogP contribution in [-0.2, 0) is 0 Å². The van der Waals surface area contributed by atoms with Crippen LogP contribution < -0.4 is 10.6 Å². The van der Waals surface area contributed by atoms with Gasteiger partial charge >= 0.3 is 0 Å². The van der Waals surface area contributed by atoms with Crippen LogP contribution in [0.3, 0.4) is 0 Å². The summed E-state index contributed by atoms with van der Waals surface area (Å²) in [6.07, 6.45) is 5.33. The van der Waals surface area contributed by atoms with Crippen LogP contribution in [0, 0.1) is 5.92 Å². The Morgan fingerprint density at radius 3 is 2.44 bits per heavy atom. The van der Waals surface area contributed by atoms with Gasteiger partial charge < -0.3 is 15.5 Å². The lowest BCUT2D eigenvalue weighted by molar-refractivity contribution is 0.245. The smallest absolute Gasteiger partial charge is 0.191 e. The summed E-state index contributed by atoms with van der Waals surface area (Å²) in [5, 5.41) is 7.06. The zero-order valence-electron chi connectivity index (χ0n) is 17.3. The van der Waals surface area contributed by atoms with Crippen LogP contribution in [0.15, 0.2) is 35.3 Å². The maximum absolute atomic E-state index is 4.92. The van der Waals surface area contributed by atoms with Crippen molar-refractivity contribution in [2.24, 2.45) is 10.9 Å². The van der Waals surface area contributed by atoms with Crippen molar-refractivity contribution in [3.63, 3.8) is 0 Å². The maximum atomic E-state index is 4.92. The van der Waals surface area contributed by atoms with Gasteiger partial charge in [0, 0.05) is 19.1 Å². The first kappa shape index (κ1) is 20.2. The van der Waals surface area contributed by atoms with E-state index >= 15 is 0 Å². The quantitative estimate of drug-likeness (QED) is 0.517. The number of likely N-dealkylation sites (tertiary alicyclic amines) is 1. The van der Waals surface area contributed by atoms with Crippen molar-refractivity contribution in [2.75, 3.05) is 46.8 Å². The van der Waals surface area contributed by atoms with Gasteiger partial charge in [-0.2, -0.15) is 0 Å². The molecule has 2 fully saturated rings. The molecule has 2 aliphatic rings. The number of hydrogen-bond donors (Lipinski definition) is 2. The Kier molecular flexibility index (Phi) is 7.53. The number of benzene rings is 1. The van der Waals surface area contributed by atoms with Gasteiger partial charge in [-0.3, -0.25) is 9.89 Å². The Labute approximate surface area is 165 Å². The molecule has 2 atom stereocenters. The molecule has 0 radical (unpaired) electrons. The molecule has 0 spiro atoms. The van der Waals surface area contributed by atoms with Crippen LogP contribution in [-0.4, -0.2) is 68.6 Å². The molecule has 2 unspecified atom stereocenters. The number of likely N-dealkylation sites (N-methyl/N-ethyl adjacent to an activating group) is 1. The molecule has 1 aromatic rings. The van der Waals surface area contributed by atoms with E-state index < -0.39 is 0 Å². The van der Waals surface area contributed by atoms with Crippen molar-refractivity contribution in [3.8, 4) is 0 Å². The minimum atomic E-state index is 0.408. The molecule has 0 aromatic heterocycles. The Balaban J connectivity index is 1.64. The van der Waals surface area contributed by atoms with Crippen LogP contribution in [0.25, 0.3) is 0 Å². The van der Waals surface area contributed by atoms with Gasteiger partial charge in [-0.15, -0.1) is 0 Å². The van der Waals surface area contributed by atoms with Gasteiger partial charge in [-0.25, -0.2) is 0 Å². The Hall–Kier alpha value is -1.59. The van der Waals surface area contributed by atoms with Crippen LogP contribution in [0.5, 0.6) is 0 Å². The average molecular weight is 372 g/mol. The number of aliphatic imine (C=N–C) groups is 1. The second kappa shape index (κ2) is 10.1. The first-order chi connectivity index (χ1) is 13.2. The number of nitrogens with zero attached hydrogens (tertiary/aromatic N) is 3. The molecule has 1 aromatic carbocycles. The van der Waals surface area contributed by atoms with Crippen molar-refractivity contribution in [2.45, 2.75) is 44.7 Å². The molecule has 1 saturated carbocycles. The molecule has 2 N–H and O–H groups in total. The third-order valence-corrected chi connectivity index (χ3v) is 5.84. The fourth-order valence-corrected chi connectivity index (χ4v) is 4.12. The highest BCUT2D eigenvalue weighted by Crippen LogP contribution is 2.34. The van der Waals surface area contributed by atoms with E-state index in [4.69, 9.17) is 4.99 Å². The van der Waals surface area contributed by atoms with E-state index in [9.17, 15) is 0 Å². The average Bonchev–Trinajstić information content (AvgIpc) is 3.36. The number of hydrogen-bond acceptors (Lipinski definition) is 3. The third kappa shape index (κ3) is 5.94. The Morgan fingerprint density at radius 1 is 1.15 bits per heavy atom.